The van der Waals surface area contributed by atoms with Gasteiger partial charge in [-0.2, -0.15) is 0 Å². The van der Waals surface area contributed by atoms with Crippen LogP contribution in [0.4, 0.5) is 11.4 Å². The number of nitro groups is 1. The Balaban J connectivity index is 2.33. The maximum absolute atomic E-state index is 12.7. The van der Waals surface area contributed by atoms with Crippen LogP contribution in [0.3, 0.4) is 0 Å². The Hall–Kier alpha value is -3.14. The van der Waals surface area contributed by atoms with E-state index in [0.717, 1.165) is 33.3 Å². The Morgan fingerprint density at radius 2 is 1.90 bits per heavy atom. The number of nitrogens with zero attached hydrogens (tertiary/aromatic N) is 2. The summed E-state index contributed by atoms with van der Waals surface area (Å²) < 4.78 is 30.7. The van der Waals surface area contributed by atoms with Gasteiger partial charge in [-0.25, -0.2) is 8.42 Å². The summed E-state index contributed by atoms with van der Waals surface area (Å²) in [7, 11) is -2.62. The molecule has 0 aliphatic carbocycles. The van der Waals surface area contributed by atoms with Gasteiger partial charge >= 0.3 is 0 Å². The predicted molar refractivity (Wildman–Crippen MR) is 114 cm³/mol. The normalized spacial score (nSPS) is 12.2. The summed E-state index contributed by atoms with van der Waals surface area (Å²) >= 11 is 0. The average molecular weight is 436 g/mol. The van der Waals surface area contributed by atoms with Gasteiger partial charge in [-0.1, -0.05) is 23.8 Å². The number of hydrogen-bond donors (Lipinski definition) is 1. The molecule has 0 aliphatic heterocycles. The van der Waals surface area contributed by atoms with Crippen molar-refractivity contribution in [3.63, 3.8) is 0 Å². The van der Waals surface area contributed by atoms with E-state index in [0.29, 0.717) is 0 Å². The maximum atomic E-state index is 12.7. The van der Waals surface area contributed by atoms with Crippen LogP contribution in [-0.4, -0.2) is 39.2 Å². The Kier molecular flexibility index (Phi) is 7.04. The van der Waals surface area contributed by atoms with E-state index in [1.165, 1.54) is 19.2 Å². The van der Waals surface area contributed by atoms with Crippen LogP contribution in [0.25, 0.3) is 0 Å². The van der Waals surface area contributed by atoms with Gasteiger partial charge < -0.3 is 10.1 Å². The molecule has 1 N–H and O–H groups in total. The highest BCUT2D eigenvalue weighted by atomic mass is 32.2. The lowest BCUT2D eigenvalue weighted by atomic mass is 10.0. The van der Waals surface area contributed by atoms with E-state index in [1.54, 1.807) is 6.92 Å². The van der Waals surface area contributed by atoms with Gasteiger partial charge in [0.05, 0.1) is 24.3 Å². The van der Waals surface area contributed by atoms with Crippen LogP contribution in [0.15, 0.2) is 36.4 Å². The number of benzene rings is 2. The number of rotatable bonds is 8. The van der Waals surface area contributed by atoms with Crippen molar-refractivity contribution >= 4 is 27.3 Å². The van der Waals surface area contributed by atoms with E-state index in [2.05, 4.69) is 5.32 Å². The van der Waals surface area contributed by atoms with E-state index in [4.69, 9.17) is 4.74 Å². The highest BCUT2D eigenvalue weighted by molar-refractivity contribution is 7.92. The van der Waals surface area contributed by atoms with Gasteiger partial charge in [-0.3, -0.25) is 19.2 Å². The molecule has 1 amide bonds. The number of sulfonamides is 1. The Bertz CT molecular complexity index is 1070. The number of nitrogens with one attached hydrogen (secondary N) is 1. The molecule has 2 aromatic rings. The highest BCUT2D eigenvalue weighted by Gasteiger charge is 2.27. The number of anilines is 1. The number of nitro benzene ring substituents is 1. The number of hydrogen-bond acceptors (Lipinski definition) is 6. The molecule has 0 bridgehead atoms. The summed E-state index contributed by atoms with van der Waals surface area (Å²) in [6.45, 7) is 5.15. The number of carbonyl (C=O) groups is 1. The average Bonchev–Trinajstić information content (AvgIpc) is 2.64. The molecular weight excluding hydrogens is 410 g/mol. The monoisotopic (exact) mass is 435 g/mol. The van der Waals surface area contributed by atoms with Crippen molar-refractivity contribution in [2.75, 3.05) is 24.2 Å². The Morgan fingerprint density at radius 1 is 1.23 bits per heavy atom. The molecule has 9 nitrogen and oxygen atoms in total. The summed E-state index contributed by atoms with van der Waals surface area (Å²) in [6.07, 6.45) is 0.923. The summed E-state index contributed by atoms with van der Waals surface area (Å²) in [5.41, 5.74) is 2.61. The van der Waals surface area contributed by atoms with E-state index >= 15 is 0 Å². The second-order valence-corrected chi connectivity index (χ2v) is 8.94. The van der Waals surface area contributed by atoms with Crippen molar-refractivity contribution in [2.45, 2.75) is 26.8 Å². The quantitative estimate of drug-likeness (QED) is 0.503. The number of aryl methyl sites for hydroxylation is 2. The van der Waals surface area contributed by atoms with Crippen LogP contribution < -0.4 is 14.4 Å². The summed E-state index contributed by atoms with van der Waals surface area (Å²) in [5, 5.41) is 13.9. The van der Waals surface area contributed by atoms with Gasteiger partial charge in [0.15, 0.2) is 0 Å². The Labute approximate surface area is 175 Å². The topological polar surface area (TPSA) is 119 Å². The van der Waals surface area contributed by atoms with E-state index in [-0.39, 0.29) is 23.2 Å². The predicted octanol–water partition coefficient (Wildman–Crippen LogP) is 2.86. The molecule has 0 heterocycles. The van der Waals surface area contributed by atoms with Gasteiger partial charge in [0.1, 0.15) is 18.0 Å². The number of non-ortho nitro benzene ring substituents is 1. The summed E-state index contributed by atoms with van der Waals surface area (Å²) in [6, 6.07) is 9.05. The lowest BCUT2D eigenvalue weighted by molar-refractivity contribution is -0.384. The molecule has 2 aromatic carbocycles. The fourth-order valence-electron chi connectivity index (χ4n) is 3.17. The largest absolute Gasteiger partial charge is 0.495 e. The fraction of sp³-hybridized carbons (Fsp3) is 0.350. The van der Waals surface area contributed by atoms with Gasteiger partial charge in [0.2, 0.25) is 15.9 Å². The number of methoxy groups -OCH3 is 1. The van der Waals surface area contributed by atoms with Crippen molar-refractivity contribution in [3.8, 4) is 5.75 Å². The van der Waals surface area contributed by atoms with Crippen LogP contribution in [0.2, 0.25) is 0 Å². The zero-order chi connectivity index (χ0) is 22.6. The van der Waals surface area contributed by atoms with Crippen molar-refractivity contribution in [1.82, 2.24) is 5.32 Å². The van der Waals surface area contributed by atoms with E-state index in [1.807, 2.05) is 32.0 Å². The first-order valence-electron chi connectivity index (χ1n) is 9.10. The third-order valence-electron chi connectivity index (χ3n) is 4.60. The van der Waals surface area contributed by atoms with Crippen LogP contribution >= 0.6 is 0 Å². The molecular formula is C20H25N3O6S. The first-order chi connectivity index (χ1) is 13.9. The fourth-order valence-corrected chi connectivity index (χ4v) is 4.03. The number of ether oxygens (including phenoxy) is 1. The van der Waals surface area contributed by atoms with Crippen molar-refractivity contribution in [2.24, 2.45) is 0 Å². The number of amides is 1. The van der Waals surface area contributed by atoms with Gasteiger partial charge in [-0.05, 0) is 38.0 Å². The zero-order valence-electron chi connectivity index (χ0n) is 17.5. The molecule has 1 unspecified atom stereocenters. The molecule has 0 spiro atoms. The standard InChI is InChI=1S/C20H25N3O6S/c1-13-6-8-17(14(2)10-13)15(3)21-20(24)12-22(30(5,27)28)18-11-16(23(25)26)7-9-19(18)29-4/h6-11,15H,12H2,1-5H3,(H,21,24). The zero-order valence-corrected chi connectivity index (χ0v) is 18.3. The molecule has 1 atom stereocenters. The molecule has 2 rings (SSSR count). The van der Waals surface area contributed by atoms with Crippen LogP contribution in [-0.2, 0) is 14.8 Å². The van der Waals surface area contributed by atoms with Gasteiger partial charge in [0.25, 0.3) is 5.69 Å². The molecule has 162 valence electrons. The van der Waals surface area contributed by atoms with Crippen LogP contribution in [0, 0.1) is 24.0 Å². The molecule has 0 aromatic heterocycles. The second-order valence-electron chi connectivity index (χ2n) is 7.03. The number of carbonyl (C=O) groups excluding carboxylic acids is 1. The molecule has 30 heavy (non-hydrogen) atoms. The molecule has 0 fully saturated rings. The summed E-state index contributed by atoms with van der Waals surface area (Å²) in [4.78, 5) is 23.1. The molecule has 10 heteroatoms. The third-order valence-corrected chi connectivity index (χ3v) is 5.73. The molecule has 0 radical (unpaired) electrons. The minimum absolute atomic E-state index is 0.0801. The lowest BCUT2D eigenvalue weighted by Crippen LogP contribution is -2.41. The van der Waals surface area contributed by atoms with E-state index < -0.39 is 27.4 Å². The summed E-state index contributed by atoms with van der Waals surface area (Å²) in [5.74, 6) is -0.456. The molecule has 0 saturated heterocycles. The maximum Gasteiger partial charge on any atom is 0.271 e. The van der Waals surface area contributed by atoms with Crippen molar-refractivity contribution in [1.29, 1.82) is 0 Å². The molecule has 0 saturated carbocycles. The second kappa shape index (κ2) is 9.12. The minimum atomic E-state index is -3.93. The Morgan fingerprint density at radius 3 is 2.43 bits per heavy atom. The first-order valence-corrected chi connectivity index (χ1v) is 11.0. The first kappa shape index (κ1) is 23.1. The molecule has 0 aliphatic rings. The van der Waals surface area contributed by atoms with Crippen LogP contribution in [0.1, 0.15) is 29.7 Å². The minimum Gasteiger partial charge on any atom is -0.495 e. The third kappa shape index (κ3) is 5.47. The smallest absolute Gasteiger partial charge is 0.271 e. The van der Waals surface area contributed by atoms with Crippen molar-refractivity contribution in [3.05, 3.63) is 63.2 Å². The van der Waals surface area contributed by atoms with Gasteiger partial charge in [-0.15, -0.1) is 0 Å². The van der Waals surface area contributed by atoms with E-state index in [9.17, 15) is 23.3 Å². The SMILES string of the molecule is COc1ccc([N+](=O)[O-])cc1N(CC(=O)NC(C)c1ccc(C)cc1C)S(C)(=O)=O. The van der Waals surface area contributed by atoms with Crippen LogP contribution in [0.5, 0.6) is 5.75 Å². The highest BCUT2D eigenvalue weighted by Crippen LogP contribution is 2.33. The lowest BCUT2D eigenvalue weighted by Gasteiger charge is -2.25. The van der Waals surface area contributed by atoms with Gasteiger partial charge in [0, 0.05) is 12.1 Å². The van der Waals surface area contributed by atoms with Crippen molar-refractivity contribution < 1.29 is 22.9 Å².